The van der Waals surface area contributed by atoms with Crippen LogP contribution in [0, 0.1) is 11.8 Å². The van der Waals surface area contributed by atoms with Gasteiger partial charge in [0.1, 0.15) is 5.60 Å². The van der Waals surface area contributed by atoms with Crippen molar-refractivity contribution in [2.75, 3.05) is 19.0 Å². The first-order valence-corrected chi connectivity index (χ1v) is 12.6. The fraction of sp³-hybridized carbons (Fsp3) is 0.667. The second kappa shape index (κ2) is 6.77. The van der Waals surface area contributed by atoms with E-state index >= 15 is 0 Å². The lowest BCUT2D eigenvalue weighted by atomic mass is 9.54. The first-order chi connectivity index (χ1) is 12.1. The summed E-state index contributed by atoms with van der Waals surface area (Å²) in [5.74, 6) is 0.390. The Bertz CT molecular complexity index is 682. The lowest BCUT2D eigenvalue weighted by Crippen LogP contribution is -2.61. The topological polar surface area (TPSA) is 47.6 Å². The Labute approximate surface area is 158 Å². The molecule has 1 aromatic rings. The zero-order valence-corrected chi connectivity index (χ0v) is 18.0. The maximum absolute atomic E-state index is 12.5. The van der Waals surface area contributed by atoms with Gasteiger partial charge in [0, 0.05) is 25.0 Å². The number of fused-ring (bicyclic) bond motifs is 3. The largest absolute Gasteiger partial charge is 0.417 e. The summed E-state index contributed by atoms with van der Waals surface area (Å²) in [5, 5.41) is 3.28. The summed E-state index contributed by atoms with van der Waals surface area (Å²) in [6, 6.07) is 8.07. The van der Waals surface area contributed by atoms with E-state index in [9.17, 15) is 4.79 Å². The quantitative estimate of drug-likeness (QED) is 0.567. The molecule has 26 heavy (non-hydrogen) atoms. The highest BCUT2D eigenvalue weighted by Crippen LogP contribution is 2.59. The van der Waals surface area contributed by atoms with Crippen LogP contribution in [0.1, 0.15) is 45.6 Å². The van der Waals surface area contributed by atoms with Gasteiger partial charge in [-0.2, -0.15) is 0 Å². The molecule has 4 nitrogen and oxygen atoms in total. The molecule has 0 unspecified atom stereocenters. The van der Waals surface area contributed by atoms with Crippen LogP contribution >= 0.6 is 0 Å². The molecule has 0 aromatic heterocycles. The van der Waals surface area contributed by atoms with Gasteiger partial charge in [-0.15, -0.1) is 0 Å². The number of methoxy groups -OCH3 is 1. The van der Waals surface area contributed by atoms with Crippen molar-refractivity contribution in [3.63, 3.8) is 0 Å². The third-order valence-electron chi connectivity index (χ3n) is 6.87. The monoisotopic (exact) mass is 375 g/mol. The molecule has 3 rings (SSSR count). The zero-order chi connectivity index (χ0) is 19.2. The van der Waals surface area contributed by atoms with Crippen LogP contribution in [0.5, 0.6) is 0 Å². The molecular weight excluding hydrogens is 342 g/mol. The number of para-hydroxylation sites is 1. The molecule has 1 aromatic carbocycles. The summed E-state index contributed by atoms with van der Waals surface area (Å²) < 4.78 is 12.4. The Morgan fingerprint density at radius 2 is 1.96 bits per heavy atom. The third-order valence-corrected chi connectivity index (χ3v) is 11.4. The number of carbonyl (C=O) groups excluding carboxylic acids is 1. The van der Waals surface area contributed by atoms with Crippen LogP contribution in [0.25, 0.3) is 0 Å². The Hall–Kier alpha value is -1.17. The molecule has 1 amide bonds. The molecule has 1 aliphatic carbocycles. The maximum Gasteiger partial charge on any atom is 0.230 e. The SMILES string of the molecule is CO[C@@]12c3ccccc3NC(=O)[C@@H]1C[C@H]2CCCO[Si](C)(C)C(C)(C)C. The van der Waals surface area contributed by atoms with Gasteiger partial charge in [-0.3, -0.25) is 4.79 Å². The smallest absolute Gasteiger partial charge is 0.230 e. The predicted octanol–water partition coefficient (Wildman–Crippen LogP) is 4.92. The molecule has 1 fully saturated rings. The minimum Gasteiger partial charge on any atom is -0.417 e. The molecule has 1 aliphatic heterocycles. The first kappa shape index (κ1) is 19.6. The summed E-state index contributed by atoms with van der Waals surface area (Å²) in [6.07, 6.45) is 2.94. The third kappa shape index (κ3) is 3.04. The van der Waals surface area contributed by atoms with Crippen molar-refractivity contribution in [1.29, 1.82) is 0 Å². The van der Waals surface area contributed by atoms with Crippen LogP contribution in [-0.4, -0.2) is 27.9 Å². The highest BCUT2D eigenvalue weighted by molar-refractivity contribution is 6.74. The molecule has 144 valence electrons. The molecular formula is C21H33NO3Si. The molecule has 2 aliphatic rings. The van der Waals surface area contributed by atoms with Gasteiger partial charge in [0.05, 0.1) is 5.92 Å². The number of ether oxygens (including phenoxy) is 1. The van der Waals surface area contributed by atoms with Crippen LogP contribution in [0.4, 0.5) is 5.69 Å². The number of anilines is 1. The average molecular weight is 376 g/mol. The summed E-state index contributed by atoms with van der Waals surface area (Å²) in [6.45, 7) is 12.2. The van der Waals surface area contributed by atoms with E-state index in [1.54, 1.807) is 7.11 Å². The molecule has 1 saturated carbocycles. The Balaban J connectivity index is 1.67. The van der Waals surface area contributed by atoms with Gasteiger partial charge in [-0.05, 0) is 49.4 Å². The van der Waals surface area contributed by atoms with Gasteiger partial charge in [0.2, 0.25) is 5.91 Å². The van der Waals surface area contributed by atoms with Crippen molar-refractivity contribution < 1.29 is 14.0 Å². The van der Waals surface area contributed by atoms with E-state index in [1.165, 1.54) is 0 Å². The van der Waals surface area contributed by atoms with E-state index in [0.29, 0.717) is 5.92 Å². The molecule has 0 bridgehead atoms. The van der Waals surface area contributed by atoms with Crippen molar-refractivity contribution >= 4 is 19.9 Å². The lowest BCUT2D eigenvalue weighted by molar-refractivity contribution is -0.191. The fourth-order valence-corrected chi connectivity index (χ4v) is 5.33. The van der Waals surface area contributed by atoms with Crippen molar-refractivity contribution in [3.05, 3.63) is 29.8 Å². The molecule has 0 saturated heterocycles. The van der Waals surface area contributed by atoms with Crippen LogP contribution in [0.2, 0.25) is 18.1 Å². The molecule has 0 radical (unpaired) electrons. The van der Waals surface area contributed by atoms with Crippen molar-refractivity contribution in [2.24, 2.45) is 11.8 Å². The lowest BCUT2D eigenvalue weighted by Gasteiger charge is -2.57. The molecule has 1 N–H and O–H groups in total. The number of nitrogens with one attached hydrogen (secondary N) is 1. The van der Waals surface area contributed by atoms with Gasteiger partial charge in [0.15, 0.2) is 8.32 Å². The van der Waals surface area contributed by atoms with Crippen LogP contribution in [0.3, 0.4) is 0 Å². The van der Waals surface area contributed by atoms with E-state index in [-0.39, 0.29) is 16.9 Å². The van der Waals surface area contributed by atoms with Crippen LogP contribution in [0.15, 0.2) is 24.3 Å². The average Bonchev–Trinajstić information content (AvgIpc) is 2.54. The van der Waals surface area contributed by atoms with E-state index in [1.807, 2.05) is 18.2 Å². The molecule has 1 heterocycles. The van der Waals surface area contributed by atoms with E-state index in [4.69, 9.17) is 9.16 Å². The van der Waals surface area contributed by atoms with Gasteiger partial charge >= 0.3 is 0 Å². The minimum absolute atomic E-state index is 0.0753. The van der Waals surface area contributed by atoms with Gasteiger partial charge in [-0.25, -0.2) is 0 Å². The minimum atomic E-state index is -1.69. The molecule has 0 spiro atoms. The normalized spacial score (nSPS) is 28.0. The number of amides is 1. The second-order valence-corrected chi connectivity index (χ2v) is 14.1. The zero-order valence-electron chi connectivity index (χ0n) is 17.0. The first-order valence-electron chi connectivity index (χ1n) is 9.73. The number of rotatable bonds is 6. The number of hydrogen-bond donors (Lipinski definition) is 1. The Morgan fingerprint density at radius 3 is 2.62 bits per heavy atom. The Morgan fingerprint density at radius 1 is 1.27 bits per heavy atom. The van der Waals surface area contributed by atoms with Crippen LogP contribution in [-0.2, 0) is 19.6 Å². The summed E-state index contributed by atoms with van der Waals surface area (Å²) in [4.78, 5) is 12.5. The van der Waals surface area contributed by atoms with Gasteiger partial charge in [0.25, 0.3) is 0 Å². The van der Waals surface area contributed by atoms with Crippen molar-refractivity contribution in [2.45, 2.75) is 63.8 Å². The van der Waals surface area contributed by atoms with Crippen molar-refractivity contribution in [3.8, 4) is 0 Å². The standard InChI is InChI=1S/C21H33NO3Si/c1-20(2,3)26(5,6)25-13-9-10-15-14-17-19(23)22-18-12-8-7-11-16(18)21(15,17)24-4/h7-8,11-12,15,17H,9-10,13-14H2,1-6H3,(H,22,23)/t15-,17+,21+/m1/s1. The maximum atomic E-state index is 12.5. The van der Waals surface area contributed by atoms with E-state index in [0.717, 1.165) is 37.1 Å². The number of carbonyl (C=O) groups is 1. The molecule has 5 heteroatoms. The van der Waals surface area contributed by atoms with Gasteiger partial charge in [-0.1, -0.05) is 39.0 Å². The second-order valence-electron chi connectivity index (χ2n) is 9.27. The van der Waals surface area contributed by atoms with E-state index < -0.39 is 13.9 Å². The summed E-state index contributed by atoms with van der Waals surface area (Å²) >= 11 is 0. The van der Waals surface area contributed by atoms with Gasteiger partial charge < -0.3 is 14.5 Å². The predicted molar refractivity (Wildman–Crippen MR) is 108 cm³/mol. The van der Waals surface area contributed by atoms with E-state index in [2.05, 4.69) is 45.2 Å². The fourth-order valence-electron chi connectivity index (χ4n) is 4.25. The summed E-state index contributed by atoms with van der Waals surface area (Å²) in [7, 11) is 0.0560. The number of hydrogen-bond acceptors (Lipinski definition) is 3. The van der Waals surface area contributed by atoms with Crippen LogP contribution < -0.4 is 5.32 Å². The number of benzene rings is 1. The highest BCUT2D eigenvalue weighted by atomic mass is 28.4. The molecule has 3 atom stereocenters. The van der Waals surface area contributed by atoms with Crippen molar-refractivity contribution in [1.82, 2.24) is 0 Å². The summed E-state index contributed by atoms with van der Waals surface area (Å²) in [5.41, 5.74) is 1.57. The Kier molecular flexibility index (Phi) is 5.10. The highest BCUT2D eigenvalue weighted by Gasteiger charge is 2.62.